The largest absolute Gasteiger partial charge is 0.310 e. The number of rotatable bonds is 8. The number of anilines is 6. The zero-order valence-corrected chi connectivity index (χ0v) is 36.6. The highest BCUT2D eigenvalue weighted by Crippen LogP contribution is 2.61. The molecule has 1 heterocycles. The monoisotopic (exact) mass is 836 g/mol. The first-order chi connectivity index (χ1) is 31.6. The fraction of sp³-hybridized carbons (Fsp3) is 0.0492. The first kappa shape index (κ1) is 38.0. The van der Waals surface area contributed by atoms with Gasteiger partial charge in [0.25, 0.3) is 0 Å². The molecule has 0 spiro atoms. The molecule has 0 amide bonds. The van der Waals surface area contributed by atoms with Crippen molar-refractivity contribution in [3.63, 3.8) is 0 Å². The number of para-hydroxylation sites is 3. The molecule has 0 N–H and O–H groups in total. The first-order valence-electron chi connectivity index (χ1n) is 22.1. The topological polar surface area (TPSA) is 6.48 Å². The van der Waals surface area contributed by atoms with Crippen molar-refractivity contribution in [1.29, 1.82) is 0 Å². The van der Waals surface area contributed by atoms with Crippen LogP contribution < -0.4 is 9.80 Å². The van der Waals surface area contributed by atoms with Crippen molar-refractivity contribution in [2.75, 3.05) is 9.80 Å². The molecule has 10 aromatic carbocycles. The molecule has 0 aliphatic heterocycles. The van der Waals surface area contributed by atoms with Crippen LogP contribution in [0.15, 0.2) is 231 Å². The standard InChI is InChI=1S/C61H44N2S/c1-41-18-16-20-43(36-41)61(44-21-17-19-42(2)37-44)55-38-48(62(45-22-6-3-7-23-45)46-24-8-4-9-25-46)33-35-54(55)60-53-30-13-12-28-50(53)57(40-56(60)61)63(47-26-10-5-11-27-47)49-32-34-52-51-29-14-15-31-58(51)64-59(52)39-49/h3-40H,1-2H3. The maximum Gasteiger partial charge on any atom is 0.0715 e. The number of thiophene rings is 1. The Morgan fingerprint density at radius 3 is 1.48 bits per heavy atom. The van der Waals surface area contributed by atoms with Crippen molar-refractivity contribution in [3.8, 4) is 11.1 Å². The van der Waals surface area contributed by atoms with Crippen LogP contribution in [-0.4, -0.2) is 0 Å². The zero-order chi connectivity index (χ0) is 42.8. The molecule has 11 aromatic rings. The second-order valence-corrected chi connectivity index (χ2v) is 18.1. The van der Waals surface area contributed by atoms with Crippen LogP contribution in [0.5, 0.6) is 0 Å². The molecule has 1 aliphatic rings. The molecule has 64 heavy (non-hydrogen) atoms. The number of hydrogen-bond acceptors (Lipinski definition) is 3. The number of nitrogens with zero attached hydrogens (tertiary/aromatic N) is 2. The van der Waals surface area contributed by atoms with Gasteiger partial charge in [-0.05, 0) is 125 Å². The van der Waals surface area contributed by atoms with E-state index in [1.54, 1.807) is 0 Å². The normalized spacial score (nSPS) is 12.7. The Labute approximate surface area is 378 Å². The fourth-order valence-electron chi connectivity index (χ4n) is 10.5. The van der Waals surface area contributed by atoms with Gasteiger partial charge in [-0.15, -0.1) is 11.3 Å². The summed E-state index contributed by atoms with van der Waals surface area (Å²) in [7, 11) is 0. The molecule has 0 radical (unpaired) electrons. The number of hydrogen-bond donors (Lipinski definition) is 0. The predicted octanol–water partition coefficient (Wildman–Crippen LogP) is 17.1. The Bertz CT molecular complexity index is 3450. The van der Waals surface area contributed by atoms with Gasteiger partial charge in [-0.2, -0.15) is 0 Å². The molecule has 0 unspecified atom stereocenters. The summed E-state index contributed by atoms with van der Waals surface area (Å²) in [6.07, 6.45) is 0. The van der Waals surface area contributed by atoms with Gasteiger partial charge in [0, 0.05) is 54.0 Å². The third-order valence-corrected chi connectivity index (χ3v) is 14.3. The predicted molar refractivity (Wildman–Crippen MR) is 273 cm³/mol. The molecule has 12 rings (SSSR count). The van der Waals surface area contributed by atoms with Crippen molar-refractivity contribution in [1.82, 2.24) is 0 Å². The number of aryl methyl sites for hydroxylation is 2. The van der Waals surface area contributed by atoms with Crippen LogP contribution in [0.25, 0.3) is 42.1 Å². The molecular formula is C61H44N2S. The van der Waals surface area contributed by atoms with Gasteiger partial charge in [0.2, 0.25) is 0 Å². The molecule has 304 valence electrons. The summed E-state index contributed by atoms with van der Waals surface area (Å²) < 4.78 is 2.58. The Kier molecular flexibility index (Phi) is 9.06. The smallest absolute Gasteiger partial charge is 0.0715 e. The van der Waals surface area contributed by atoms with Gasteiger partial charge in [-0.1, -0.05) is 169 Å². The summed E-state index contributed by atoms with van der Waals surface area (Å²) >= 11 is 1.87. The molecule has 0 saturated heterocycles. The molecule has 0 bridgehead atoms. The quantitative estimate of drug-likeness (QED) is 0.150. The lowest BCUT2D eigenvalue weighted by molar-refractivity contribution is 0.766. The van der Waals surface area contributed by atoms with Crippen LogP contribution in [-0.2, 0) is 5.41 Å². The van der Waals surface area contributed by atoms with Crippen LogP contribution in [0, 0.1) is 13.8 Å². The van der Waals surface area contributed by atoms with Crippen molar-refractivity contribution >= 4 is 76.4 Å². The lowest BCUT2D eigenvalue weighted by Crippen LogP contribution is -2.29. The molecule has 0 fully saturated rings. The Morgan fingerprint density at radius 1 is 0.344 bits per heavy atom. The second kappa shape index (κ2) is 15.3. The molecule has 3 heteroatoms. The van der Waals surface area contributed by atoms with E-state index in [1.807, 2.05) is 11.3 Å². The highest BCUT2D eigenvalue weighted by atomic mass is 32.1. The minimum absolute atomic E-state index is 0.672. The summed E-state index contributed by atoms with van der Waals surface area (Å²) in [5.74, 6) is 0. The van der Waals surface area contributed by atoms with Crippen molar-refractivity contribution in [3.05, 3.63) is 264 Å². The van der Waals surface area contributed by atoms with Gasteiger partial charge in [0.1, 0.15) is 0 Å². The van der Waals surface area contributed by atoms with Gasteiger partial charge < -0.3 is 9.80 Å². The zero-order valence-electron chi connectivity index (χ0n) is 35.7. The minimum Gasteiger partial charge on any atom is -0.310 e. The number of fused-ring (bicyclic) bond motifs is 8. The number of benzene rings is 10. The average molecular weight is 837 g/mol. The maximum absolute atomic E-state index is 2.54. The van der Waals surface area contributed by atoms with Crippen LogP contribution >= 0.6 is 11.3 Å². The van der Waals surface area contributed by atoms with Crippen molar-refractivity contribution < 1.29 is 0 Å². The highest BCUT2D eigenvalue weighted by Gasteiger charge is 2.48. The Morgan fingerprint density at radius 2 is 0.859 bits per heavy atom. The summed E-state index contributed by atoms with van der Waals surface area (Å²) in [6.45, 7) is 4.45. The Hall–Kier alpha value is -7.72. The lowest BCUT2D eigenvalue weighted by Gasteiger charge is -2.36. The fourth-order valence-corrected chi connectivity index (χ4v) is 11.6. The second-order valence-electron chi connectivity index (χ2n) is 17.0. The van der Waals surface area contributed by atoms with E-state index >= 15 is 0 Å². The summed E-state index contributed by atoms with van der Waals surface area (Å²) in [5, 5.41) is 5.04. The molecule has 0 saturated carbocycles. The van der Waals surface area contributed by atoms with E-state index in [0.717, 1.165) is 34.1 Å². The van der Waals surface area contributed by atoms with E-state index < -0.39 is 5.41 Å². The first-order valence-corrected chi connectivity index (χ1v) is 22.9. The molecule has 2 nitrogen and oxygen atoms in total. The maximum atomic E-state index is 2.54. The molecule has 1 aromatic heterocycles. The lowest BCUT2D eigenvalue weighted by atomic mass is 9.67. The van der Waals surface area contributed by atoms with Crippen molar-refractivity contribution in [2.45, 2.75) is 19.3 Å². The summed E-state index contributed by atoms with van der Waals surface area (Å²) in [5.41, 5.74) is 16.1. The summed E-state index contributed by atoms with van der Waals surface area (Å²) in [4.78, 5) is 4.88. The Balaban J connectivity index is 1.20. The molecule has 0 atom stereocenters. The van der Waals surface area contributed by atoms with Gasteiger partial charge in [-0.3, -0.25) is 0 Å². The van der Waals surface area contributed by atoms with Gasteiger partial charge >= 0.3 is 0 Å². The van der Waals surface area contributed by atoms with Crippen LogP contribution in [0.1, 0.15) is 33.4 Å². The third kappa shape index (κ3) is 6.00. The average Bonchev–Trinajstić information content (AvgIpc) is 3.86. The highest BCUT2D eigenvalue weighted by molar-refractivity contribution is 7.25. The van der Waals surface area contributed by atoms with E-state index in [0.29, 0.717) is 0 Å². The van der Waals surface area contributed by atoms with Crippen molar-refractivity contribution in [2.24, 2.45) is 0 Å². The van der Waals surface area contributed by atoms with Gasteiger partial charge in [0.05, 0.1) is 11.1 Å². The van der Waals surface area contributed by atoms with Crippen LogP contribution in [0.2, 0.25) is 0 Å². The van der Waals surface area contributed by atoms with E-state index in [9.17, 15) is 0 Å². The van der Waals surface area contributed by atoms with Crippen LogP contribution in [0.4, 0.5) is 34.1 Å². The van der Waals surface area contributed by atoms with E-state index in [-0.39, 0.29) is 0 Å². The summed E-state index contributed by atoms with van der Waals surface area (Å²) in [6, 6.07) is 85.5. The minimum atomic E-state index is -0.672. The molecule has 1 aliphatic carbocycles. The van der Waals surface area contributed by atoms with E-state index in [4.69, 9.17) is 0 Å². The van der Waals surface area contributed by atoms with E-state index in [1.165, 1.54) is 75.5 Å². The SMILES string of the molecule is Cc1cccc(C2(c3cccc(C)c3)c3cc(N(c4ccccc4)c4ccccc4)ccc3-c3c2cc(N(c2ccccc2)c2ccc4c(c2)sc2ccccc24)c2ccccc32)c1. The van der Waals surface area contributed by atoms with E-state index in [2.05, 4.69) is 254 Å². The van der Waals surface area contributed by atoms with Gasteiger partial charge in [0.15, 0.2) is 0 Å². The molecular weight excluding hydrogens is 793 g/mol. The van der Waals surface area contributed by atoms with Gasteiger partial charge in [-0.25, -0.2) is 0 Å². The van der Waals surface area contributed by atoms with Crippen LogP contribution in [0.3, 0.4) is 0 Å². The third-order valence-electron chi connectivity index (χ3n) is 13.2.